The first-order valence-electron chi connectivity index (χ1n) is 5.82. The van der Waals surface area contributed by atoms with Crippen LogP contribution in [0.2, 0.25) is 0 Å². The first kappa shape index (κ1) is 13.6. The van der Waals surface area contributed by atoms with Crippen LogP contribution in [0.3, 0.4) is 0 Å². The molecule has 1 aromatic heterocycles. The molecule has 0 aliphatic heterocycles. The van der Waals surface area contributed by atoms with E-state index < -0.39 is 0 Å². The lowest BCUT2D eigenvalue weighted by Crippen LogP contribution is -2.08. The van der Waals surface area contributed by atoms with Crippen molar-refractivity contribution < 1.29 is 0 Å². The third kappa shape index (κ3) is 3.14. The standard InChI is InChI=1S/C13H15Br2N3/c1-3-18-11(6-9(2)17-18)8-16-13-5-4-10(14)7-12(13)15/h4-7,16H,3,8H2,1-2H3. The zero-order valence-electron chi connectivity index (χ0n) is 10.4. The predicted molar refractivity (Wildman–Crippen MR) is 81.8 cm³/mol. The molecular formula is C13H15Br2N3. The van der Waals surface area contributed by atoms with Gasteiger partial charge in [0.15, 0.2) is 0 Å². The van der Waals surface area contributed by atoms with Crippen molar-refractivity contribution in [2.75, 3.05) is 5.32 Å². The fourth-order valence-electron chi connectivity index (χ4n) is 1.83. The van der Waals surface area contributed by atoms with Crippen LogP contribution in [0.5, 0.6) is 0 Å². The first-order chi connectivity index (χ1) is 8.60. The number of aromatic nitrogens is 2. The summed E-state index contributed by atoms with van der Waals surface area (Å²) in [6.07, 6.45) is 0. The molecule has 1 aromatic carbocycles. The quantitative estimate of drug-likeness (QED) is 0.864. The average Bonchev–Trinajstić information content (AvgIpc) is 2.68. The normalized spacial score (nSPS) is 10.7. The molecule has 2 rings (SSSR count). The van der Waals surface area contributed by atoms with Gasteiger partial charge in [0, 0.05) is 21.2 Å². The molecule has 96 valence electrons. The van der Waals surface area contributed by atoms with Crippen molar-refractivity contribution in [3.63, 3.8) is 0 Å². The zero-order chi connectivity index (χ0) is 13.1. The minimum atomic E-state index is 0.773. The molecule has 0 bridgehead atoms. The molecule has 0 atom stereocenters. The summed E-state index contributed by atoms with van der Waals surface area (Å²) in [5, 5.41) is 7.85. The van der Waals surface area contributed by atoms with Gasteiger partial charge in [-0.3, -0.25) is 4.68 Å². The summed E-state index contributed by atoms with van der Waals surface area (Å²) in [6, 6.07) is 8.22. The second-order valence-electron chi connectivity index (χ2n) is 4.07. The Kier molecular flexibility index (Phi) is 4.45. The molecule has 0 spiro atoms. The average molecular weight is 373 g/mol. The topological polar surface area (TPSA) is 29.9 Å². The third-order valence-electron chi connectivity index (χ3n) is 2.68. The number of aryl methyl sites for hydroxylation is 2. The molecule has 0 unspecified atom stereocenters. The van der Waals surface area contributed by atoms with E-state index in [1.54, 1.807) is 0 Å². The lowest BCUT2D eigenvalue weighted by molar-refractivity contribution is 0.623. The van der Waals surface area contributed by atoms with E-state index in [4.69, 9.17) is 0 Å². The van der Waals surface area contributed by atoms with Crippen LogP contribution in [0, 0.1) is 6.92 Å². The molecule has 0 saturated heterocycles. The summed E-state index contributed by atoms with van der Waals surface area (Å²) in [5.74, 6) is 0. The summed E-state index contributed by atoms with van der Waals surface area (Å²) in [7, 11) is 0. The fourth-order valence-corrected chi connectivity index (χ4v) is 3.02. The van der Waals surface area contributed by atoms with E-state index in [-0.39, 0.29) is 0 Å². The lowest BCUT2D eigenvalue weighted by atomic mass is 10.3. The zero-order valence-corrected chi connectivity index (χ0v) is 13.5. The molecule has 0 amide bonds. The molecular weight excluding hydrogens is 358 g/mol. The Morgan fingerprint density at radius 3 is 2.72 bits per heavy atom. The van der Waals surface area contributed by atoms with Gasteiger partial charge in [0.25, 0.3) is 0 Å². The van der Waals surface area contributed by atoms with E-state index in [1.807, 2.05) is 29.8 Å². The minimum absolute atomic E-state index is 0.773. The summed E-state index contributed by atoms with van der Waals surface area (Å²) >= 11 is 6.99. The SMILES string of the molecule is CCn1nc(C)cc1CNc1ccc(Br)cc1Br. The number of benzene rings is 1. The van der Waals surface area contributed by atoms with Crippen molar-refractivity contribution in [3.05, 3.63) is 44.6 Å². The number of anilines is 1. The molecule has 18 heavy (non-hydrogen) atoms. The van der Waals surface area contributed by atoms with Gasteiger partial charge in [-0.1, -0.05) is 15.9 Å². The molecule has 2 aromatic rings. The van der Waals surface area contributed by atoms with E-state index >= 15 is 0 Å². The van der Waals surface area contributed by atoms with Crippen molar-refractivity contribution in [1.82, 2.24) is 9.78 Å². The second kappa shape index (κ2) is 5.89. The van der Waals surface area contributed by atoms with Crippen LogP contribution in [0.4, 0.5) is 5.69 Å². The molecule has 0 radical (unpaired) electrons. The van der Waals surface area contributed by atoms with Crippen LogP contribution in [0.15, 0.2) is 33.2 Å². The van der Waals surface area contributed by atoms with Gasteiger partial charge in [0.05, 0.1) is 17.9 Å². The van der Waals surface area contributed by atoms with E-state index in [1.165, 1.54) is 5.69 Å². The maximum atomic E-state index is 4.44. The van der Waals surface area contributed by atoms with Crippen LogP contribution in [-0.4, -0.2) is 9.78 Å². The first-order valence-corrected chi connectivity index (χ1v) is 7.41. The maximum absolute atomic E-state index is 4.44. The van der Waals surface area contributed by atoms with Gasteiger partial charge < -0.3 is 5.32 Å². The van der Waals surface area contributed by atoms with Crippen molar-refractivity contribution in [2.24, 2.45) is 0 Å². The Labute approximate surface area is 124 Å². The summed E-state index contributed by atoms with van der Waals surface area (Å²) in [6.45, 7) is 5.79. The summed E-state index contributed by atoms with van der Waals surface area (Å²) in [5.41, 5.74) is 3.34. The van der Waals surface area contributed by atoms with Crippen molar-refractivity contribution in [1.29, 1.82) is 0 Å². The van der Waals surface area contributed by atoms with Crippen LogP contribution in [0.25, 0.3) is 0 Å². The number of nitrogens with zero attached hydrogens (tertiary/aromatic N) is 2. The van der Waals surface area contributed by atoms with E-state index in [9.17, 15) is 0 Å². The summed E-state index contributed by atoms with van der Waals surface area (Å²) < 4.78 is 4.14. The molecule has 0 fully saturated rings. The fraction of sp³-hybridized carbons (Fsp3) is 0.308. The molecule has 0 saturated carbocycles. The van der Waals surface area contributed by atoms with Crippen molar-refractivity contribution in [3.8, 4) is 0 Å². The third-order valence-corrected chi connectivity index (χ3v) is 3.83. The van der Waals surface area contributed by atoms with Gasteiger partial charge in [-0.05, 0) is 54.0 Å². The Bertz CT molecular complexity index is 549. The Morgan fingerprint density at radius 2 is 2.06 bits per heavy atom. The van der Waals surface area contributed by atoms with Crippen LogP contribution < -0.4 is 5.32 Å². The second-order valence-corrected chi connectivity index (χ2v) is 5.84. The van der Waals surface area contributed by atoms with Gasteiger partial charge in [-0.25, -0.2) is 0 Å². The number of nitrogens with one attached hydrogen (secondary N) is 1. The highest BCUT2D eigenvalue weighted by atomic mass is 79.9. The molecule has 3 nitrogen and oxygen atoms in total. The lowest BCUT2D eigenvalue weighted by Gasteiger charge is -2.10. The molecule has 0 aliphatic carbocycles. The van der Waals surface area contributed by atoms with Crippen molar-refractivity contribution >= 4 is 37.5 Å². The van der Waals surface area contributed by atoms with Gasteiger partial charge in [-0.15, -0.1) is 0 Å². The van der Waals surface area contributed by atoms with Crippen LogP contribution >= 0.6 is 31.9 Å². The Morgan fingerprint density at radius 1 is 1.28 bits per heavy atom. The highest BCUT2D eigenvalue weighted by Crippen LogP contribution is 2.26. The largest absolute Gasteiger partial charge is 0.378 e. The molecule has 1 heterocycles. The van der Waals surface area contributed by atoms with Crippen LogP contribution in [0.1, 0.15) is 18.3 Å². The molecule has 1 N–H and O–H groups in total. The van der Waals surface area contributed by atoms with Gasteiger partial charge in [0.1, 0.15) is 0 Å². The van der Waals surface area contributed by atoms with Gasteiger partial charge in [0.2, 0.25) is 0 Å². The number of hydrogen-bond acceptors (Lipinski definition) is 2. The van der Waals surface area contributed by atoms with E-state index in [0.717, 1.165) is 33.4 Å². The predicted octanol–water partition coefficient (Wildman–Crippen LogP) is 4.35. The molecule has 0 aliphatic rings. The smallest absolute Gasteiger partial charge is 0.0597 e. The highest BCUT2D eigenvalue weighted by molar-refractivity contribution is 9.11. The number of rotatable bonds is 4. The van der Waals surface area contributed by atoms with E-state index in [0.29, 0.717) is 0 Å². The summed E-state index contributed by atoms with van der Waals surface area (Å²) in [4.78, 5) is 0. The highest BCUT2D eigenvalue weighted by Gasteiger charge is 2.05. The van der Waals surface area contributed by atoms with E-state index in [2.05, 4.69) is 55.3 Å². The molecule has 5 heteroatoms. The maximum Gasteiger partial charge on any atom is 0.0597 e. The number of halogens is 2. The number of hydrogen-bond donors (Lipinski definition) is 1. The monoisotopic (exact) mass is 371 g/mol. The Balaban J connectivity index is 2.11. The van der Waals surface area contributed by atoms with Crippen LogP contribution in [-0.2, 0) is 13.1 Å². The van der Waals surface area contributed by atoms with Gasteiger partial charge >= 0.3 is 0 Å². The Hall–Kier alpha value is -0.810. The minimum Gasteiger partial charge on any atom is -0.378 e. The van der Waals surface area contributed by atoms with Gasteiger partial charge in [-0.2, -0.15) is 5.10 Å². The van der Waals surface area contributed by atoms with Crippen molar-refractivity contribution in [2.45, 2.75) is 26.9 Å².